The van der Waals surface area contributed by atoms with Gasteiger partial charge in [0.2, 0.25) is 11.8 Å². The number of aliphatic hydroxyl groups excluding tert-OH is 1. The third-order valence-corrected chi connectivity index (χ3v) is 2.82. The first-order chi connectivity index (χ1) is 9.13. The number of anilines is 1. The maximum Gasteiger partial charge on any atom is 0.251 e. The average Bonchev–Trinajstić information content (AvgIpc) is 2.75. The first kappa shape index (κ1) is 13.2. The summed E-state index contributed by atoms with van der Waals surface area (Å²) >= 11 is 0. The smallest absolute Gasteiger partial charge is 0.251 e. The molecule has 1 aliphatic heterocycles. The number of benzene rings is 1. The minimum absolute atomic E-state index is 0.144. The molecule has 6 nitrogen and oxygen atoms in total. The van der Waals surface area contributed by atoms with Gasteiger partial charge in [-0.2, -0.15) is 0 Å². The van der Waals surface area contributed by atoms with E-state index < -0.39 is 0 Å². The molecule has 2 N–H and O–H groups in total. The van der Waals surface area contributed by atoms with Crippen LogP contribution in [0, 0.1) is 0 Å². The molecule has 0 bridgehead atoms. The molecule has 1 fully saturated rings. The van der Waals surface area contributed by atoms with Crippen LogP contribution < -0.4 is 10.2 Å². The van der Waals surface area contributed by atoms with Crippen LogP contribution in [0.4, 0.5) is 5.69 Å². The molecule has 100 valence electrons. The lowest BCUT2D eigenvalue weighted by atomic mass is 10.1. The van der Waals surface area contributed by atoms with Gasteiger partial charge in [-0.05, 0) is 18.2 Å². The Morgan fingerprint density at radius 1 is 1.26 bits per heavy atom. The number of carbonyl (C=O) groups is 3. The third-order valence-electron chi connectivity index (χ3n) is 2.82. The van der Waals surface area contributed by atoms with Crippen LogP contribution in [-0.2, 0) is 9.59 Å². The van der Waals surface area contributed by atoms with E-state index in [0.29, 0.717) is 11.3 Å². The van der Waals surface area contributed by atoms with Crippen molar-refractivity contribution in [1.82, 2.24) is 5.32 Å². The molecular weight excluding hydrogens is 248 g/mol. The molecule has 1 aromatic rings. The summed E-state index contributed by atoms with van der Waals surface area (Å²) in [6.45, 7) is 0.0131. The number of aliphatic hydroxyl groups is 1. The van der Waals surface area contributed by atoms with Crippen LogP contribution in [0.15, 0.2) is 24.3 Å². The Morgan fingerprint density at radius 2 is 1.95 bits per heavy atom. The van der Waals surface area contributed by atoms with E-state index in [-0.39, 0.29) is 43.7 Å². The molecule has 0 radical (unpaired) electrons. The van der Waals surface area contributed by atoms with Crippen molar-refractivity contribution in [3.8, 4) is 0 Å². The number of imide groups is 1. The minimum atomic E-state index is -0.352. The molecule has 3 amide bonds. The lowest BCUT2D eigenvalue weighted by molar-refractivity contribution is -0.121. The Hall–Kier alpha value is -2.21. The molecule has 19 heavy (non-hydrogen) atoms. The number of nitrogens with zero attached hydrogens (tertiary/aromatic N) is 1. The van der Waals surface area contributed by atoms with Gasteiger partial charge in [-0.15, -0.1) is 0 Å². The summed E-state index contributed by atoms with van der Waals surface area (Å²) in [6.07, 6.45) is 0.416. The van der Waals surface area contributed by atoms with Gasteiger partial charge in [0, 0.05) is 24.9 Å². The zero-order valence-corrected chi connectivity index (χ0v) is 10.3. The van der Waals surface area contributed by atoms with Crippen LogP contribution in [0.25, 0.3) is 0 Å². The first-order valence-electron chi connectivity index (χ1n) is 5.98. The standard InChI is InChI=1S/C13H14N2O4/c16-7-6-14-13(19)9-2-1-3-10(8-9)15-11(17)4-5-12(15)18/h1-3,8,16H,4-7H2,(H,14,19). The summed E-state index contributed by atoms with van der Waals surface area (Å²) in [4.78, 5) is 36.0. The van der Waals surface area contributed by atoms with Crippen molar-refractivity contribution < 1.29 is 19.5 Å². The molecule has 0 aliphatic carbocycles. The zero-order chi connectivity index (χ0) is 13.8. The molecule has 1 saturated heterocycles. The van der Waals surface area contributed by atoms with E-state index in [1.807, 2.05) is 0 Å². The monoisotopic (exact) mass is 262 g/mol. The van der Waals surface area contributed by atoms with E-state index in [0.717, 1.165) is 4.90 Å². The molecule has 0 atom stereocenters. The molecule has 0 unspecified atom stereocenters. The molecule has 2 rings (SSSR count). The van der Waals surface area contributed by atoms with Gasteiger partial charge in [0.1, 0.15) is 0 Å². The predicted octanol–water partition coefficient (Wildman–Crippen LogP) is 0.0621. The van der Waals surface area contributed by atoms with Gasteiger partial charge in [0.25, 0.3) is 5.91 Å². The summed E-state index contributed by atoms with van der Waals surface area (Å²) in [5.41, 5.74) is 0.752. The summed E-state index contributed by atoms with van der Waals surface area (Å²) in [5, 5.41) is 11.2. The molecular formula is C13H14N2O4. The van der Waals surface area contributed by atoms with Crippen molar-refractivity contribution in [3.63, 3.8) is 0 Å². The highest BCUT2D eigenvalue weighted by molar-refractivity contribution is 6.20. The Kier molecular flexibility index (Phi) is 3.91. The van der Waals surface area contributed by atoms with Crippen molar-refractivity contribution in [2.45, 2.75) is 12.8 Å². The number of hydrogen-bond acceptors (Lipinski definition) is 4. The maximum absolute atomic E-state index is 11.7. The van der Waals surface area contributed by atoms with Crippen molar-refractivity contribution in [2.24, 2.45) is 0 Å². The van der Waals surface area contributed by atoms with Crippen LogP contribution in [-0.4, -0.2) is 36.0 Å². The molecule has 1 aromatic carbocycles. The van der Waals surface area contributed by atoms with Crippen molar-refractivity contribution >= 4 is 23.4 Å². The van der Waals surface area contributed by atoms with E-state index >= 15 is 0 Å². The van der Waals surface area contributed by atoms with E-state index in [1.165, 1.54) is 6.07 Å². The number of amides is 3. The van der Waals surface area contributed by atoms with Gasteiger partial charge in [-0.25, -0.2) is 0 Å². The first-order valence-corrected chi connectivity index (χ1v) is 5.98. The zero-order valence-electron chi connectivity index (χ0n) is 10.3. The lowest BCUT2D eigenvalue weighted by Gasteiger charge is -2.14. The largest absolute Gasteiger partial charge is 0.395 e. The summed E-state index contributed by atoms with van der Waals surface area (Å²) in [6, 6.07) is 6.31. The van der Waals surface area contributed by atoms with Gasteiger partial charge >= 0.3 is 0 Å². The highest BCUT2D eigenvalue weighted by atomic mass is 16.3. The second-order valence-electron chi connectivity index (χ2n) is 4.15. The fourth-order valence-electron chi connectivity index (χ4n) is 1.92. The van der Waals surface area contributed by atoms with E-state index in [9.17, 15) is 14.4 Å². The highest BCUT2D eigenvalue weighted by Gasteiger charge is 2.30. The van der Waals surface area contributed by atoms with Crippen molar-refractivity contribution in [2.75, 3.05) is 18.1 Å². The minimum Gasteiger partial charge on any atom is -0.395 e. The van der Waals surface area contributed by atoms with Crippen LogP contribution >= 0.6 is 0 Å². The van der Waals surface area contributed by atoms with Crippen molar-refractivity contribution in [1.29, 1.82) is 0 Å². The van der Waals surface area contributed by atoms with E-state index in [4.69, 9.17) is 5.11 Å². The number of carbonyl (C=O) groups excluding carboxylic acids is 3. The average molecular weight is 262 g/mol. The second-order valence-corrected chi connectivity index (χ2v) is 4.15. The van der Waals surface area contributed by atoms with Gasteiger partial charge in [0.15, 0.2) is 0 Å². The summed E-state index contributed by atoms with van der Waals surface area (Å²) in [5.74, 6) is -0.856. The Bertz CT molecular complexity index is 511. The molecule has 0 saturated carbocycles. The van der Waals surface area contributed by atoms with Crippen LogP contribution in [0.3, 0.4) is 0 Å². The fourth-order valence-corrected chi connectivity index (χ4v) is 1.92. The molecule has 0 spiro atoms. The Balaban J connectivity index is 2.22. The maximum atomic E-state index is 11.7. The molecule has 1 heterocycles. The third kappa shape index (κ3) is 2.79. The normalized spacial score (nSPS) is 14.9. The molecule has 0 aromatic heterocycles. The highest BCUT2D eigenvalue weighted by Crippen LogP contribution is 2.23. The predicted molar refractivity (Wildman–Crippen MR) is 67.6 cm³/mol. The van der Waals surface area contributed by atoms with Gasteiger partial charge in [-0.1, -0.05) is 6.07 Å². The number of hydrogen-bond donors (Lipinski definition) is 2. The fraction of sp³-hybridized carbons (Fsp3) is 0.308. The van der Waals surface area contributed by atoms with Gasteiger partial charge in [0.05, 0.1) is 12.3 Å². The van der Waals surface area contributed by atoms with Crippen LogP contribution in [0.2, 0.25) is 0 Å². The lowest BCUT2D eigenvalue weighted by Crippen LogP contribution is -2.30. The summed E-state index contributed by atoms with van der Waals surface area (Å²) < 4.78 is 0. The Morgan fingerprint density at radius 3 is 2.58 bits per heavy atom. The SMILES string of the molecule is O=C(NCCO)c1cccc(N2C(=O)CCC2=O)c1. The molecule has 1 aliphatic rings. The van der Waals surface area contributed by atoms with Crippen LogP contribution in [0.1, 0.15) is 23.2 Å². The number of rotatable bonds is 4. The second kappa shape index (κ2) is 5.62. The van der Waals surface area contributed by atoms with Crippen LogP contribution in [0.5, 0.6) is 0 Å². The topological polar surface area (TPSA) is 86.7 Å². The van der Waals surface area contributed by atoms with Crippen molar-refractivity contribution in [3.05, 3.63) is 29.8 Å². The van der Waals surface area contributed by atoms with E-state index in [1.54, 1.807) is 18.2 Å². The number of nitrogens with one attached hydrogen (secondary N) is 1. The quantitative estimate of drug-likeness (QED) is 0.751. The molecule has 6 heteroatoms. The van der Waals surface area contributed by atoms with Gasteiger partial charge < -0.3 is 10.4 Å². The summed E-state index contributed by atoms with van der Waals surface area (Å²) in [7, 11) is 0. The van der Waals surface area contributed by atoms with Gasteiger partial charge in [-0.3, -0.25) is 19.3 Å². The van der Waals surface area contributed by atoms with E-state index in [2.05, 4.69) is 5.32 Å². The Labute approximate surface area is 110 Å².